The Hall–Kier alpha value is -4.22. The molecule has 1 unspecified atom stereocenters. The molecular weight excluding hydrogens is 512 g/mol. The lowest BCUT2D eigenvalue weighted by Gasteiger charge is -2.14. The van der Waals surface area contributed by atoms with Crippen LogP contribution in [0.2, 0.25) is 0 Å². The molecule has 12 heteroatoms. The normalized spacial score (nSPS) is 13.2. The highest BCUT2D eigenvalue weighted by atomic mass is 19.4. The number of aromatic amines is 1. The van der Waals surface area contributed by atoms with Crippen LogP contribution in [0.5, 0.6) is 0 Å². The number of alkyl halides is 6. The van der Waals surface area contributed by atoms with Gasteiger partial charge in [0.15, 0.2) is 0 Å². The van der Waals surface area contributed by atoms with Crippen LogP contribution in [0.25, 0.3) is 22.3 Å². The Morgan fingerprint density at radius 3 is 2.45 bits per heavy atom. The van der Waals surface area contributed by atoms with Gasteiger partial charge in [0.05, 0.1) is 11.1 Å². The molecule has 3 heterocycles. The van der Waals surface area contributed by atoms with Gasteiger partial charge >= 0.3 is 12.4 Å². The molecule has 2 aromatic carbocycles. The number of H-pyrrole nitrogens is 1. The van der Waals surface area contributed by atoms with Gasteiger partial charge in [0.2, 0.25) is 18.5 Å². The van der Waals surface area contributed by atoms with E-state index in [-0.39, 0.29) is 30.0 Å². The van der Waals surface area contributed by atoms with E-state index in [0.29, 0.717) is 17.1 Å². The zero-order valence-corrected chi connectivity index (χ0v) is 19.8. The van der Waals surface area contributed by atoms with Crippen molar-refractivity contribution in [1.82, 2.24) is 20.2 Å². The summed E-state index contributed by atoms with van der Waals surface area (Å²) < 4.78 is 86.2. The van der Waals surface area contributed by atoms with Gasteiger partial charge in [-0.2, -0.15) is 26.3 Å². The number of halogens is 6. The molecule has 0 bridgehead atoms. The van der Waals surface area contributed by atoms with Crippen molar-refractivity contribution >= 4 is 11.0 Å². The van der Waals surface area contributed by atoms with Crippen LogP contribution in [-0.4, -0.2) is 20.2 Å². The van der Waals surface area contributed by atoms with Gasteiger partial charge in [-0.1, -0.05) is 53.2 Å². The summed E-state index contributed by atoms with van der Waals surface area (Å²) in [4.78, 5) is 7.88. The Bertz CT molecular complexity index is 1570. The van der Waals surface area contributed by atoms with E-state index in [1.165, 1.54) is 16.3 Å². The minimum atomic E-state index is -5.02. The first-order valence-electron chi connectivity index (χ1n) is 11.5. The van der Waals surface area contributed by atoms with E-state index < -0.39 is 29.0 Å². The maximum atomic E-state index is 13.5. The topological polar surface area (TPSA) is 71.5 Å². The van der Waals surface area contributed by atoms with E-state index in [4.69, 9.17) is 4.52 Å². The Labute approximate surface area is 211 Å². The first-order chi connectivity index (χ1) is 18.0. The Morgan fingerprint density at radius 2 is 1.74 bits per heavy atom. The van der Waals surface area contributed by atoms with Crippen molar-refractivity contribution in [3.8, 4) is 11.3 Å². The summed E-state index contributed by atoms with van der Waals surface area (Å²) in [5, 5.41) is 7.94. The van der Waals surface area contributed by atoms with Gasteiger partial charge in [0.1, 0.15) is 28.7 Å². The average Bonchev–Trinajstić information content (AvgIpc) is 3.50. The Kier molecular flexibility index (Phi) is 6.41. The fraction of sp³-hybridized carbons (Fsp3) is 0.231. The van der Waals surface area contributed by atoms with Crippen molar-refractivity contribution in [2.75, 3.05) is 0 Å². The Morgan fingerprint density at radius 1 is 0.974 bits per heavy atom. The predicted octanol–water partition coefficient (Wildman–Crippen LogP) is 6.33. The Balaban J connectivity index is 1.37. The molecule has 0 amide bonds. The van der Waals surface area contributed by atoms with E-state index in [1.54, 1.807) is 12.4 Å². The first-order valence-corrected chi connectivity index (χ1v) is 11.5. The lowest BCUT2D eigenvalue weighted by atomic mass is 10.0. The molecule has 0 aliphatic carbocycles. The minimum absolute atomic E-state index is 0.0266. The molecule has 0 saturated carbocycles. The second-order valence-corrected chi connectivity index (χ2v) is 8.92. The van der Waals surface area contributed by atoms with Crippen LogP contribution in [0.4, 0.5) is 26.3 Å². The van der Waals surface area contributed by atoms with Crippen LogP contribution in [0.1, 0.15) is 41.1 Å². The predicted molar refractivity (Wildman–Crippen MR) is 124 cm³/mol. The van der Waals surface area contributed by atoms with Gasteiger partial charge < -0.3 is 9.51 Å². The zero-order valence-electron chi connectivity index (χ0n) is 19.8. The third-order valence-corrected chi connectivity index (χ3v) is 6.04. The number of nitrogens with zero attached hydrogens (tertiary/aromatic N) is 4. The van der Waals surface area contributed by atoms with Crippen LogP contribution >= 0.6 is 0 Å². The molecule has 196 valence electrons. The standard InChI is InChI=1S/C26H19F6N5O/c1-15(9-16-5-3-2-4-6-16)24-34-22-12-33-37(14-23(22)35-24)13-18-11-21(36-38-18)19-8-7-17(25(27,28)29)10-20(19)26(30,31)32/h2-8,10-12,14-15H,9,13H2,1H3/p+1. The van der Waals surface area contributed by atoms with E-state index >= 15 is 0 Å². The molecule has 5 rings (SSSR count). The van der Waals surface area contributed by atoms with Crippen LogP contribution in [0, 0.1) is 0 Å². The van der Waals surface area contributed by atoms with Crippen molar-refractivity contribution in [3.63, 3.8) is 0 Å². The van der Waals surface area contributed by atoms with E-state index in [2.05, 4.69) is 27.1 Å². The maximum absolute atomic E-state index is 13.5. The third-order valence-electron chi connectivity index (χ3n) is 6.04. The number of hydrogen-bond acceptors (Lipinski definition) is 4. The lowest BCUT2D eigenvalue weighted by molar-refractivity contribution is -0.746. The number of hydrogen-bond donors (Lipinski definition) is 1. The van der Waals surface area contributed by atoms with Crippen LogP contribution in [0.15, 0.2) is 71.5 Å². The number of aromatic nitrogens is 5. The average molecular weight is 532 g/mol. The highest BCUT2D eigenvalue weighted by Gasteiger charge is 2.39. The second-order valence-electron chi connectivity index (χ2n) is 8.92. The fourth-order valence-electron chi connectivity index (χ4n) is 4.16. The summed E-state index contributed by atoms with van der Waals surface area (Å²) in [5.74, 6) is 1.07. The molecule has 5 aromatic rings. The van der Waals surface area contributed by atoms with Crippen molar-refractivity contribution in [1.29, 1.82) is 0 Å². The molecule has 1 N–H and O–H groups in total. The summed E-state index contributed by atoms with van der Waals surface area (Å²) in [5.41, 5.74) is -1.07. The molecular formula is C26H20F6N5O+. The van der Waals surface area contributed by atoms with Gasteiger partial charge in [-0.15, -0.1) is 0 Å². The summed E-state index contributed by atoms with van der Waals surface area (Å²) >= 11 is 0. The summed E-state index contributed by atoms with van der Waals surface area (Å²) in [6, 6.07) is 12.6. The quantitative estimate of drug-likeness (QED) is 0.205. The molecule has 0 spiro atoms. The van der Waals surface area contributed by atoms with Gasteiger partial charge in [-0.25, -0.2) is 4.98 Å². The molecule has 3 aromatic heterocycles. The molecule has 0 fully saturated rings. The minimum Gasteiger partial charge on any atom is -0.354 e. The molecule has 1 atom stereocenters. The van der Waals surface area contributed by atoms with Crippen molar-refractivity contribution in [2.24, 2.45) is 0 Å². The molecule has 0 aliphatic rings. The van der Waals surface area contributed by atoms with Crippen molar-refractivity contribution in [2.45, 2.75) is 38.2 Å². The third kappa shape index (κ3) is 5.38. The zero-order chi connectivity index (χ0) is 27.1. The number of rotatable bonds is 6. The molecule has 0 aliphatic heterocycles. The van der Waals surface area contributed by atoms with Crippen molar-refractivity contribution in [3.05, 3.63) is 95.3 Å². The summed E-state index contributed by atoms with van der Waals surface area (Å²) in [7, 11) is 0. The number of benzene rings is 2. The van der Waals surface area contributed by atoms with Crippen LogP contribution in [0.3, 0.4) is 0 Å². The van der Waals surface area contributed by atoms with E-state index in [0.717, 1.165) is 18.3 Å². The smallest absolute Gasteiger partial charge is 0.354 e. The van der Waals surface area contributed by atoms with E-state index in [1.807, 2.05) is 30.3 Å². The molecule has 6 nitrogen and oxygen atoms in total. The lowest BCUT2D eigenvalue weighted by Crippen LogP contribution is -2.37. The van der Waals surface area contributed by atoms with Gasteiger partial charge in [0.25, 0.3) is 0 Å². The molecule has 0 saturated heterocycles. The summed E-state index contributed by atoms with van der Waals surface area (Å²) in [6.07, 6.45) is -5.91. The largest absolute Gasteiger partial charge is 0.417 e. The van der Waals surface area contributed by atoms with Gasteiger partial charge in [-0.3, -0.25) is 0 Å². The highest BCUT2D eigenvalue weighted by Crippen LogP contribution is 2.40. The summed E-state index contributed by atoms with van der Waals surface area (Å²) in [6.45, 7) is 2.08. The number of nitrogens with one attached hydrogen (secondary N) is 1. The molecule has 0 radical (unpaired) electrons. The molecule has 38 heavy (non-hydrogen) atoms. The monoisotopic (exact) mass is 532 g/mol. The first kappa shape index (κ1) is 25.4. The van der Waals surface area contributed by atoms with Crippen LogP contribution in [-0.2, 0) is 25.3 Å². The fourth-order valence-corrected chi connectivity index (χ4v) is 4.16. The number of fused-ring (bicyclic) bond motifs is 1. The highest BCUT2D eigenvalue weighted by molar-refractivity contribution is 5.72. The van der Waals surface area contributed by atoms with Gasteiger partial charge in [-0.05, 0) is 29.2 Å². The number of imidazole rings is 1. The van der Waals surface area contributed by atoms with E-state index in [9.17, 15) is 26.3 Å². The van der Waals surface area contributed by atoms with Crippen molar-refractivity contribution < 1.29 is 35.5 Å². The maximum Gasteiger partial charge on any atom is 0.417 e. The van der Waals surface area contributed by atoms with Crippen LogP contribution < -0.4 is 4.68 Å². The van der Waals surface area contributed by atoms with Gasteiger partial charge in [0, 0.05) is 17.5 Å². The second kappa shape index (κ2) is 9.58. The SMILES string of the molecule is CC(Cc1ccccc1)c1nc2cn[n+](Cc3cc(-c4ccc(C(F)(F)F)cc4C(F)(F)F)no3)cc2[nH]1.